The predicted octanol–water partition coefficient (Wildman–Crippen LogP) is 1.97. The van der Waals surface area contributed by atoms with Crippen molar-refractivity contribution in [2.75, 3.05) is 38.8 Å². The van der Waals surface area contributed by atoms with Crippen molar-refractivity contribution in [3.8, 4) is 0 Å². The lowest BCUT2D eigenvalue weighted by Gasteiger charge is -2.14. The Morgan fingerprint density at radius 2 is 1.79 bits per heavy atom. The highest BCUT2D eigenvalue weighted by molar-refractivity contribution is 7.80. The van der Waals surface area contributed by atoms with Gasteiger partial charge in [0.1, 0.15) is 0 Å². The molecule has 0 aliphatic rings. The minimum atomic E-state index is -0.505. The van der Waals surface area contributed by atoms with E-state index in [1.807, 2.05) is 0 Å². The first-order chi connectivity index (χ1) is 11.5. The summed E-state index contributed by atoms with van der Waals surface area (Å²) in [5.41, 5.74) is 0.960. The average Bonchev–Trinajstić information content (AvgIpc) is 2.55. The second-order valence-corrected chi connectivity index (χ2v) is 4.98. The summed E-state index contributed by atoms with van der Waals surface area (Å²) in [6, 6.07) is 4.52. The van der Waals surface area contributed by atoms with E-state index in [-0.39, 0.29) is 18.8 Å². The van der Waals surface area contributed by atoms with Crippen molar-refractivity contribution in [3.63, 3.8) is 0 Å². The van der Waals surface area contributed by atoms with E-state index in [1.54, 1.807) is 21.0 Å². The van der Waals surface area contributed by atoms with E-state index >= 15 is 0 Å². The Balaban J connectivity index is 3.00. The molecule has 0 aliphatic carbocycles. The smallest absolute Gasteiger partial charge is 0.340 e. The molecule has 0 heterocycles. The van der Waals surface area contributed by atoms with Crippen molar-refractivity contribution >= 4 is 35.0 Å². The van der Waals surface area contributed by atoms with Gasteiger partial charge in [0.15, 0.2) is 5.11 Å². The van der Waals surface area contributed by atoms with Crippen LogP contribution >= 0.6 is 12.2 Å². The average molecular weight is 354 g/mol. The first kappa shape index (κ1) is 19.9. The van der Waals surface area contributed by atoms with Crippen LogP contribution in [0.15, 0.2) is 18.2 Å². The lowest BCUT2D eigenvalue weighted by Crippen LogP contribution is -2.31. The number of nitrogens with one attached hydrogen (secondary N) is 2. The summed E-state index contributed by atoms with van der Waals surface area (Å²) in [5.74, 6) is -0.982. The van der Waals surface area contributed by atoms with Gasteiger partial charge in [0.25, 0.3) is 0 Å². The molecule has 7 nitrogen and oxygen atoms in total. The fraction of sp³-hybridized carbons (Fsp3) is 0.438. The Hall–Kier alpha value is -2.19. The van der Waals surface area contributed by atoms with Crippen LogP contribution in [0.5, 0.6) is 0 Å². The molecule has 0 amide bonds. The number of hydrogen-bond donors (Lipinski definition) is 2. The van der Waals surface area contributed by atoms with Crippen molar-refractivity contribution in [1.82, 2.24) is 5.32 Å². The summed E-state index contributed by atoms with van der Waals surface area (Å²) in [6.45, 7) is 4.94. The van der Waals surface area contributed by atoms with Crippen LogP contribution in [-0.4, -0.2) is 50.5 Å². The van der Waals surface area contributed by atoms with Crippen LogP contribution in [-0.2, 0) is 14.2 Å². The number of carbonyl (C=O) groups is 2. The molecule has 0 aliphatic heterocycles. The summed E-state index contributed by atoms with van der Waals surface area (Å²) in [4.78, 5) is 23.9. The SMILES string of the molecule is CCOC(=O)c1ccc(C(=O)OCC)c(NC(=S)NCCOC)c1. The highest BCUT2D eigenvalue weighted by Gasteiger charge is 2.17. The van der Waals surface area contributed by atoms with Gasteiger partial charge in [-0.2, -0.15) is 0 Å². The van der Waals surface area contributed by atoms with Crippen molar-refractivity contribution < 1.29 is 23.8 Å². The number of carbonyl (C=O) groups excluding carboxylic acids is 2. The fourth-order valence-electron chi connectivity index (χ4n) is 1.81. The van der Waals surface area contributed by atoms with Crippen molar-refractivity contribution in [2.24, 2.45) is 0 Å². The van der Waals surface area contributed by atoms with E-state index in [0.717, 1.165) is 0 Å². The zero-order chi connectivity index (χ0) is 17.9. The second kappa shape index (κ2) is 10.6. The molecule has 132 valence electrons. The molecule has 1 rings (SSSR count). The lowest BCUT2D eigenvalue weighted by molar-refractivity contribution is 0.0512. The number of thiocarbonyl (C=S) groups is 1. The molecule has 1 aromatic carbocycles. The van der Waals surface area contributed by atoms with E-state index in [4.69, 9.17) is 26.4 Å². The Kier molecular flexibility index (Phi) is 8.74. The Labute approximate surface area is 146 Å². The Bertz CT molecular complexity index is 592. The number of rotatable bonds is 8. The molecule has 0 spiro atoms. The van der Waals surface area contributed by atoms with Crippen LogP contribution in [0.2, 0.25) is 0 Å². The molecule has 1 aromatic rings. The van der Waals surface area contributed by atoms with Crippen molar-refractivity contribution in [2.45, 2.75) is 13.8 Å². The first-order valence-electron chi connectivity index (χ1n) is 7.55. The summed E-state index contributed by atoms with van der Waals surface area (Å²) < 4.78 is 14.9. The number of methoxy groups -OCH3 is 1. The number of ether oxygens (including phenoxy) is 3. The lowest BCUT2D eigenvalue weighted by atomic mass is 10.1. The van der Waals surface area contributed by atoms with Crippen LogP contribution < -0.4 is 10.6 Å². The van der Waals surface area contributed by atoms with Gasteiger partial charge in [0, 0.05) is 13.7 Å². The Morgan fingerprint density at radius 1 is 1.12 bits per heavy atom. The van der Waals surface area contributed by atoms with Crippen LogP contribution in [0.1, 0.15) is 34.6 Å². The topological polar surface area (TPSA) is 85.9 Å². The molecule has 0 saturated carbocycles. The van der Waals surface area contributed by atoms with E-state index < -0.39 is 11.9 Å². The molecule has 0 unspecified atom stereocenters. The zero-order valence-corrected chi connectivity index (χ0v) is 14.8. The Morgan fingerprint density at radius 3 is 2.42 bits per heavy atom. The van der Waals surface area contributed by atoms with E-state index in [9.17, 15) is 9.59 Å². The monoisotopic (exact) mass is 354 g/mol. The third-order valence-electron chi connectivity index (χ3n) is 2.87. The highest BCUT2D eigenvalue weighted by Crippen LogP contribution is 2.20. The third kappa shape index (κ3) is 6.13. The molecule has 0 atom stereocenters. The molecule has 0 fully saturated rings. The standard InChI is InChI=1S/C16H22N2O5S/c1-4-22-14(19)11-6-7-12(15(20)23-5-2)13(10-11)18-16(24)17-8-9-21-3/h6-7,10H,4-5,8-9H2,1-3H3,(H2,17,18,24). The van der Waals surface area contributed by atoms with Crippen molar-refractivity contribution in [1.29, 1.82) is 0 Å². The van der Waals surface area contributed by atoms with Gasteiger partial charge in [-0.1, -0.05) is 0 Å². The van der Waals surface area contributed by atoms with Gasteiger partial charge >= 0.3 is 11.9 Å². The molecule has 0 aromatic heterocycles. The maximum absolute atomic E-state index is 12.1. The van der Waals surface area contributed by atoms with Gasteiger partial charge in [-0.3, -0.25) is 0 Å². The van der Waals surface area contributed by atoms with Crippen LogP contribution in [0.3, 0.4) is 0 Å². The van der Waals surface area contributed by atoms with Crippen LogP contribution in [0.25, 0.3) is 0 Å². The van der Waals surface area contributed by atoms with Crippen molar-refractivity contribution in [3.05, 3.63) is 29.3 Å². The first-order valence-corrected chi connectivity index (χ1v) is 7.96. The van der Waals surface area contributed by atoms with Gasteiger partial charge < -0.3 is 24.8 Å². The van der Waals surface area contributed by atoms with E-state index in [2.05, 4.69) is 10.6 Å². The zero-order valence-electron chi connectivity index (χ0n) is 14.0. The molecule has 8 heteroatoms. The van der Waals surface area contributed by atoms with Crippen LogP contribution in [0.4, 0.5) is 5.69 Å². The normalized spacial score (nSPS) is 9.96. The van der Waals surface area contributed by atoms with E-state index in [1.165, 1.54) is 18.2 Å². The fourth-order valence-corrected chi connectivity index (χ4v) is 2.02. The maximum atomic E-state index is 12.1. The number of esters is 2. The predicted molar refractivity (Wildman–Crippen MR) is 94.5 cm³/mol. The summed E-state index contributed by atoms with van der Waals surface area (Å²) in [7, 11) is 1.58. The van der Waals surface area contributed by atoms with E-state index in [0.29, 0.717) is 29.5 Å². The molecular formula is C16H22N2O5S. The second-order valence-electron chi connectivity index (χ2n) is 4.58. The van der Waals surface area contributed by atoms with Gasteiger partial charge in [-0.25, -0.2) is 9.59 Å². The van der Waals surface area contributed by atoms with Gasteiger partial charge in [0.2, 0.25) is 0 Å². The largest absolute Gasteiger partial charge is 0.462 e. The summed E-state index contributed by atoms with van der Waals surface area (Å²) in [6.07, 6.45) is 0. The van der Waals surface area contributed by atoms with Gasteiger partial charge in [-0.05, 0) is 44.3 Å². The molecule has 0 bridgehead atoms. The molecule has 0 radical (unpaired) electrons. The summed E-state index contributed by atoms with van der Waals surface area (Å²) >= 11 is 5.17. The quantitative estimate of drug-likeness (QED) is 0.416. The number of benzene rings is 1. The third-order valence-corrected chi connectivity index (χ3v) is 3.11. The minimum absolute atomic E-state index is 0.244. The number of anilines is 1. The highest BCUT2D eigenvalue weighted by atomic mass is 32.1. The molecule has 24 heavy (non-hydrogen) atoms. The number of hydrogen-bond acceptors (Lipinski definition) is 6. The molecular weight excluding hydrogens is 332 g/mol. The minimum Gasteiger partial charge on any atom is -0.462 e. The van der Waals surface area contributed by atoms with Gasteiger partial charge in [-0.15, -0.1) is 0 Å². The molecule has 2 N–H and O–H groups in total. The summed E-state index contributed by atoms with van der Waals surface area (Å²) in [5, 5.41) is 6.14. The maximum Gasteiger partial charge on any atom is 0.340 e. The van der Waals surface area contributed by atoms with Crippen LogP contribution in [0, 0.1) is 0 Å². The molecule has 0 saturated heterocycles. The van der Waals surface area contributed by atoms with Gasteiger partial charge in [0.05, 0.1) is 36.6 Å².